The van der Waals surface area contributed by atoms with Gasteiger partial charge in [-0.05, 0) is 27.2 Å². The van der Waals surface area contributed by atoms with E-state index < -0.39 is 5.60 Å². The van der Waals surface area contributed by atoms with E-state index in [1.54, 1.807) is 4.90 Å². The molecule has 116 valence electrons. The second kappa shape index (κ2) is 5.93. The van der Waals surface area contributed by atoms with Gasteiger partial charge in [0.05, 0.1) is 0 Å². The number of halogens is 1. The molecule has 1 aliphatic rings. The Labute approximate surface area is 128 Å². The van der Waals surface area contributed by atoms with Gasteiger partial charge in [0, 0.05) is 19.1 Å². The third-order valence-electron chi connectivity index (χ3n) is 3.02. The van der Waals surface area contributed by atoms with Crippen molar-refractivity contribution in [1.29, 1.82) is 0 Å². The van der Waals surface area contributed by atoms with Gasteiger partial charge in [0.2, 0.25) is 0 Å². The van der Waals surface area contributed by atoms with Gasteiger partial charge in [0.1, 0.15) is 17.6 Å². The minimum absolute atomic E-state index is 0.0609. The van der Waals surface area contributed by atoms with E-state index in [4.69, 9.17) is 22.1 Å². The van der Waals surface area contributed by atoms with Crippen LogP contribution in [0.2, 0.25) is 5.15 Å². The first-order valence-corrected chi connectivity index (χ1v) is 7.14. The van der Waals surface area contributed by atoms with E-state index >= 15 is 0 Å². The fraction of sp³-hybridized carbons (Fsp3) is 0.615. The molecule has 2 heterocycles. The number of nitrogens with one attached hydrogen (secondary N) is 1. The number of likely N-dealkylation sites (tertiary alicyclic amines) is 1. The number of rotatable bonds is 2. The molecule has 1 fully saturated rings. The molecule has 2 rings (SSSR count). The summed E-state index contributed by atoms with van der Waals surface area (Å²) in [6, 6.07) is 0.0609. The van der Waals surface area contributed by atoms with Gasteiger partial charge in [-0.25, -0.2) is 14.8 Å². The van der Waals surface area contributed by atoms with Crippen molar-refractivity contribution in [3.8, 4) is 0 Å². The molecule has 0 bridgehead atoms. The fourth-order valence-corrected chi connectivity index (χ4v) is 2.19. The number of carbonyl (C=O) groups is 1. The summed E-state index contributed by atoms with van der Waals surface area (Å²) in [5.41, 5.74) is 5.64. The molecule has 0 aromatic carbocycles. The standard InChI is InChI=1S/C13H20ClN5O2/c1-13(2,3)21-12(20)19-5-4-8(6-19)18-11-9(15)10(14)16-7-17-11/h7-8H,4-6,15H2,1-3H3,(H,16,17,18). The van der Waals surface area contributed by atoms with Crippen LogP contribution in [0.4, 0.5) is 16.3 Å². The minimum atomic E-state index is -0.493. The van der Waals surface area contributed by atoms with Crippen LogP contribution in [0.5, 0.6) is 0 Å². The molecule has 1 saturated heterocycles. The van der Waals surface area contributed by atoms with Crippen LogP contribution in [0.3, 0.4) is 0 Å². The van der Waals surface area contributed by atoms with E-state index in [0.29, 0.717) is 24.6 Å². The Morgan fingerprint density at radius 3 is 2.90 bits per heavy atom. The molecule has 1 atom stereocenters. The highest BCUT2D eigenvalue weighted by atomic mass is 35.5. The van der Waals surface area contributed by atoms with Gasteiger partial charge in [-0.2, -0.15) is 0 Å². The number of nitrogens with two attached hydrogens (primary N) is 1. The monoisotopic (exact) mass is 313 g/mol. The van der Waals surface area contributed by atoms with Crippen molar-refractivity contribution in [3.05, 3.63) is 11.5 Å². The number of hydrogen-bond donors (Lipinski definition) is 2. The van der Waals surface area contributed by atoms with Crippen molar-refractivity contribution in [2.45, 2.75) is 38.8 Å². The molecule has 1 unspecified atom stereocenters. The number of nitrogens with zero attached hydrogens (tertiary/aromatic N) is 3. The predicted molar refractivity (Wildman–Crippen MR) is 81.3 cm³/mol. The zero-order valence-corrected chi connectivity index (χ0v) is 13.1. The number of carbonyl (C=O) groups excluding carboxylic acids is 1. The normalized spacial score (nSPS) is 18.7. The fourth-order valence-electron chi connectivity index (χ4n) is 2.05. The predicted octanol–water partition coefficient (Wildman–Crippen LogP) is 2.13. The summed E-state index contributed by atoms with van der Waals surface area (Å²) in [5.74, 6) is 0.492. The summed E-state index contributed by atoms with van der Waals surface area (Å²) in [7, 11) is 0. The van der Waals surface area contributed by atoms with E-state index in [2.05, 4.69) is 15.3 Å². The Bertz CT molecular complexity index is 532. The smallest absolute Gasteiger partial charge is 0.410 e. The van der Waals surface area contributed by atoms with E-state index in [-0.39, 0.29) is 17.3 Å². The number of nitrogen functional groups attached to an aromatic ring is 1. The molecule has 21 heavy (non-hydrogen) atoms. The lowest BCUT2D eigenvalue weighted by Crippen LogP contribution is -2.36. The number of anilines is 2. The quantitative estimate of drug-likeness (QED) is 0.812. The van der Waals surface area contributed by atoms with Gasteiger partial charge < -0.3 is 20.7 Å². The number of amides is 1. The van der Waals surface area contributed by atoms with Gasteiger partial charge >= 0.3 is 6.09 Å². The summed E-state index contributed by atoms with van der Waals surface area (Å²) in [6.07, 6.45) is 1.84. The summed E-state index contributed by atoms with van der Waals surface area (Å²) in [6.45, 7) is 6.71. The average molecular weight is 314 g/mol. The molecule has 0 radical (unpaired) electrons. The maximum absolute atomic E-state index is 12.0. The van der Waals surface area contributed by atoms with Gasteiger partial charge in [-0.1, -0.05) is 11.6 Å². The lowest BCUT2D eigenvalue weighted by atomic mass is 10.2. The Balaban J connectivity index is 1.94. The first kappa shape index (κ1) is 15.6. The molecule has 1 aromatic heterocycles. The summed E-state index contributed by atoms with van der Waals surface area (Å²) in [5, 5.41) is 3.40. The minimum Gasteiger partial charge on any atom is -0.444 e. The lowest BCUT2D eigenvalue weighted by Gasteiger charge is -2.24. The number of ether oxygens (including phenoxy) is 1. The van der Waals surface area contributed by atoms with Gasteiger partial charge in [-0.3, -0.25) is 0 Å². The van der Waals surface area contributed by atoms with Crippen molar-refractivity contribution in [1.82, 2.24) is 14.9 Å². The van der Waals surface area contributed by atoms with Crippen molar-refractivity contribution < 1.29 is 9.53 Å². The molecule has 1 aliphatic heterocycles. The highest BCUT2D eigenvalue weighted by Crippen LogP contribution is 2.24. The third-order valence-corrected chi connectivity index (χ3v) is 3.32. The topological polar surface area (TPSA) is 93.4 Å². The summed E-state index contributed by atoms with van der Waals surface area (Å²) in [4.78, 5) is 21.5. The number of aromatic nitrogens is 2. The van der Waals surface area contributed by atoms with Crippen LogP contribution in [0.15, 0.2) is 6.33 Å². The summed E-state index contributed by atoms with van der Waals surface area (Å²) >= 11 is 5.85. The second-order valence-electron chi connectivity index (χ2n) is 5.98. The molecule has 3 N–H and O–H groups in total. The molecule has 0 aliphatic carbocycles. The van der Waals surface area contributed by atoms with Crippen LogP contribution >= 0.6 is 11.6 Å². The zero-order chi connectivity index (χ0) is 15.6. The van der Waals surface area contributed by atoms with E-state index in [0.717, 1.165) is 6.42 Å². The third kappa shape index (κ3) is 4.10. The van der Waals surface area contributed by atoms with Crippen LogP contribution in [0.1, 0.15) is 27.2 Å². The largest absolute Gasteiger partial charge is 0.444 e. The average Bonchev–Trinajstić information content (AvgIpc) is 2.82. The van der Waals surface area contributed by atoms with Gasteiger partial charge in [0.15, 0.2) is 11.0 Å². The zero-order valence-electron chi connectivity index (χ0n) is 12.4. The second-order valence-corrected chi connectivity index (χ2v) is 6.34. The van der Waals surface area contributed by atoms with Crippen LogP contribution in [0.25, 0.3) is 0 Å². The Morgan fingerprint density at radius 1 is 1.52 bits per heavy atom. The molecule has 1 aromatic rings. The van der Waals surface area contributed by atoms with E-state index in [9.17, 15) is 4.79 Å². The molecule has 0 saturated carbocycles. The van der Waals surface area contributed by atoms with Crippen LogP contribution in [-0.2, 0) is 4.74 Å². The molecule has 7 nitrogen and oxygen atoms in total. The Hall–Kier alpha value is -1.76. The SMILES string of the molecule is CC(C)(C)OC(=O)N1CCC(Nc2ncnc(Cl)c2N)C1. The first-order valence-electron chi connectivity index (χ1n) is 6.76. The maximum atomic E-state index is 12.0. The van der Waals surface area contributed by atoms with E-state index in [1.807, 2.05) is 20.8 Å². The van der Waals surface area contributed by atoms with Gasteiger partial charge in [-0.15, -0.1) is 0 Å². The molecule has 0 spiro atoms. The lowest BCUT2D eigenvalue weighted by molar-refractivity contribution is 0.0293. The molecule has 1 amide bonds. The molecular weight excluding hydrogens is 294 g/mol. The molecule has 8 heteroatoms. The van der Waals surface area contributed by atoms with Crippen molar-refractivity contribution in [2.24, 2.45) is 0 Å². The Morgan fingerprint density at radius 2 is 2.24 bits per heavy atom. The van der Waals surface area contributed by atoms with Crippen molar-refractivity contribution in [3.63, 3.8) is 0 Å². The first-order chi connectivity index (χ1) is 9.76. The summed E-state index contributed by atoms with van der Waals surface area (Å²) < 4.78 is 5.35. The maximum Gasteiger partial charge on any atom is 0.410 e. The van der Waals surface area contributed by atoms with Crippen LogP contribution < -0.4 is 11.1 Å². The van der Waals surface area contributed by atoms with E-state index in [1.165, 1.54) is 6.33 Å². The number of hydrogen-bond acceptors (Lipinski definition) is 6. The van der Waals surface area contributed by atoms with Crippen LogP contribution in [-0.4, -0.2) is 45.7 Å². The van der Waals surface area contributed by atoms with Crippen molar-refractivity contribution in [2.75, 3.05) is 24.1 Å². The van der Waals surface area contributed by atoms with Gasteiger partial charge in [0.25, 0.3) is 0 Å². The highest BCUT2D eigenvalue weighted by molar-refractivity contribution is 6.32. The van der Waals surface area contributed by atoms with Crippen LogP contribution in [0, 0.1) is 0 Å². The van der Waals surface area contributed by atoms with Crippen molar-refractivity contribution >= 4 is 29.2 Å². The molecular formula is C13H20ClN5O2. The Kier molecular flexibility index (Phi) is 4.41. The highest BCUT2D eigenvalue weighted by Gasteiger charge is 2.30.